The molecule has 24 heavy (non-hydrogen) atoms. The van der Waals surface area contributed by atoms with Gasteiger partial charge >= 0.3 is 0 Å². The van der Waals surface area contributed by atoms with Crippen molar-refractivity contribution in [1.82, 2.24) is 10.2 Å². The molecule has 1 saturated carbocycles. The number of hydrogen-bond donors (Lipinski definition) is 1. The second kappa shape index (κ2) is 7.19. The maximum atomic E-state index is 13.1. The van der Waals surface area contributed by atoms with Gasteiger partial charge in [0, 0.05) is 25.6 Å². The standard InChI is InChI=1S/C19H27FN2O2/c1-19(2)16(14-4-6-15(20)7-5-14)17(19)18(23)21-8-3-9-22-10-12-24-13-11-22/h4-7,16-17H,3,8-13H2,1-2H3,(H,21,23). The van der Waals surface area contributed by atoms with E-state index in [1.54, 1.807) is 12.1 Å². The van der Waals surface area contributed by atoms with Gasteiger partial charge in [-0.2, -0.15) is 0 Å². The first kappa shape index (κ1) is 17.4. The van der Waals surface area contributed by atoms with Gasteiger partial charge in [0.25, 0.3) is 0 Å². The Morgan fingerprint density at radius 3 is 2.62 bits per heavy atom. The summed E-state index contributed by atoms with van der Waals surface area (Å²) in [5, 5.41) is 3.08. The fourth-order valence-electron chi connectivity index (χ4n) is 3.87. The molecular formula is C19H27FN2O2. The smallest absolute Gasteiger partial charge is 0.224 e. The predicted octanol–water partition coefficient (Wildman–Crippen LogP) is 2.40. The maximum absolute atomic E-state index is 13.1. The van der Waals surface area contributed by atoms with E-state index in [2.05, 4.69) is 24.1 Å². The number of rotatable bonds is 6. The Labute approximate surface area is 143 Å². The Balaban J connectivity index is 1.45. The number of carbonyl (C=O) groups is 1. The van der Waals surface area contributed by atoms with Crippen molar-refractivity contribution in [3.63, 3.8) is 0 Å². The molecule has 1 aromatic carbocycles. The van der Waals surface area contributed by atoms with Crippen LogP contribution in [-0.4, -0.2) is 50.2 Å². The summed E-state index contributed by atoms with van der Waals surface area (Å²) in [5.41, 5.74) is 0.987. The van der Waals surface area contributed by atoms with Crippen LogP contribution in [0, 0.1) is 17.2 Å². The van der Waals surface area contributed by atoms with E-state index in [1.807, 2.05) is 0 Å². The zero-order valence-corrected chi connectivity index (χ0v) is 14.6. The first-order valence-electron chi connectivity index (χ1n) is 8.83. The third-order valence-electron chi connectivity index (χ3n) is 5.39. The van der Waals surface area contributed by atoms with Gasteiger partial charge < -0.3 is 10.1 Å². The molecule has 2 aliphatic rings. The van der Waals surface area contributed by atoms with Crippen molar-refractivity contribution in [3.8, 4) is 0 Å². The van der Waals surface area contributed by atoms with Crippen LogP contribution >= 0.6 is 0 Å². The molecule has 1 aliphatic heterocycles. The van der Waals surface area contributed by atoms with Gasteiger partial charge in [-0.05, 0) is 36.1 Å². The lowest BCUT2D eigenvalue weighted by Crippen LogP contribution is -2.38. The number of morpholine rings is 1. The second-order valence-corrected chi connectivity index (χ2v) is 7.43. The molecule has 0 bridgehead atoms. The van der Waals surface area contributed by atoms with Crippen molar-refractivity contribution < 1.29 is 13.9 Å². The fourth-order valence-corrected chi connectivity index (χ4v) is 3.87. The summed E-state index contributed by atoms with van der Waals surface area (Å²) in [4.78, 5) is 14.9. The number of carbonyl (C=O) groups excluding carboxylic acids is 1. The lowest BCUT2D eigenvalue weighted by Gasteiger charge is -2.26. The van der Waals surface area contributed by atoms with Crippen molar-refractivity contribution in [3.05, 3.63) is 35.6 Å². The van der Waals surface area contributed by atoms with Crippen molar-refractivity contribution in [2.24, 2.45) is 11.3 Å². The molecule has 4 nitrogen and oxygen atoms in total. The van der Waals surface area contributed by atoms with Gasteiger partial charge in [0.15, 0.2) is 0 Å². The Bertz CT molecular complexity index is 567. The number of amides is 1. The maximum Gasteiger partial charge on any atom is 0.224 e. The van der Waals surface area contributed by atoms with Crippen LogP contribution in [0.5, 0.6) is 0 Å². The van der Waals surface area contributed by atoms with Crippen molar-refractivity contribution >= 4 is 5.91 Å². The van der Waals surface area contributed by atoms with Crippen LogP contribution in [-0.2, 0) is 9.53 Å². The Kier molecular flexibility index (Phi) is 5.21. The van der Waals surface area contributed by atoms with E-state index in [1.165, 1.54) is 12.1 Å². The van der Waals surface area contributed by atoms with Crippen LogP contribution in [0.1, 0.15) is 31.7 Å². The van der Waals surface area contributed by atoms with Gasteiger partial charge in [0.1, 0.15) is 5.82 Å². The molecule has 0 spiro atoms. The van der Waals surface area contributed by atoms with E-state index in [9.17, 15) is 9.18 Å². The number of nitrogens with zero attached hydrogens (tertiary/aromatic N) is 1. The third kappa shape index (κ3) is 3.78. The van der Waals surface area contributed by atoms with Gasteiger partial charge in [0.2, 0.25) is 5.91 Å². The molecule has 2 unspecified atom stereocenters. The van der Waals surface area contributed by atoms with Crippen LogP contribution in [0.15, 0.2) is 24.3 Å². The molecule has 1 saturated heterocycles. The van der Waals surface area contributed by atoms with Gasteiger partial charge in [-0.3, -0.25) is 9.69 Å². The highest BCUT2D eigenvalue weighted by atomic mass is 19.1. The number of halogens is 1. The average Bonchev–Trinajstić information content (AvgIpc) is 3.15. The van der Waals surface area contributed by atoms with Crippen molar-refractivity contribution in [2.45, 2.75) is 26.2 Å². The first-order valence-corrected chi connectivity index (χ1v) is 8.83. The minimum atomic E-state index is -0.235. The average molecular weight is 334 g/mol. The van der Waals surface area contributed by atoms with Crippen molar-refractivity contribution in [2.75, 3.05) is 39.4 Å². The lowest BCUT2D eigenvalue weighted by atomic mass is 10.0. The Morgan fingerprint density at radius 1 is 1.29 bits per heavy atom. The largest absolute Gasteiger partial charge is 0.379 e. The summed E-state index contributed by atoms with van der Waals surface area (Å²) in [5.74, 6) is 0.0429. The molecule has 0 radical (unpaired) electrons. The van der Waals surface area contributed by atoms with Crippen LogP contribution < -0.4 is 5.32 Å². The molecule has 0 aromatic heterocycles. The molecule has 2 atom stereocenters. The Morgan fingerprint density at radius 2 is 1.96 bits per heavy atom. The lowest BCUT2D eigenvalue weighted by molar-refractivity contribution is -0.123. The van der Waals surface area contributed by atoms with E-state index in [4.69, 9.17) is 4.74 Å². The number of nitrogens with one attached hydrogen (secondary N) is 1. The molecule has 1 heterocycles. The minimum Gasteiger partial charge on any atom is -0.379 e. The summed E-state index contributed by atoms with van der Waals surface area (Å²) in [6, 6.07) is 6.54. The summed E-state index contributed by atoms with van der Waals surface area (Å²) in [6.45, 7) is 9.51. The second-order valence-electron chi connectivity index (χ2n) is 7.43. The monoisotopic (exact) mass is 334 g/mol. The summed E-state index contributed by atoms with van der Waals surface area (Å²) >= 11 is 0. The van der Waals surface area contributed by atoms with E-state index in [0.29, 0.717) is 6.54 Å². The minimum absolute atomic E-state index is 0.0219. The van der Waals surface area contributed by atoms with Gasteiger partial charge in [-0.1, -0.05) is 26.0 Å². The Hall–Kier alpha value is -1.46. The zero-order chi connectivity index (χ0) is 17.2. The van der Waals surface area contributed by atoms with Gasteiger partial charge in [-0.15, -0.1) is 0 Å². The first-order chi connectivity index (χ1) is 11.5. The van der Waals surface area contributed by atoms with E-state index < -0.39 is 0 Å². The third-order valence-corrected chi connectivity index (χ3v) is 5.39. The molecule has 3 rings (SSSR count). The zero-order valence-electron chi connectivity index (χ0n) is 14.6. The fraction of sp³-hybridized carbons (Fsp3) is 0.632. The molecule has 5 heteroatoms. The topological polar surface area (TPSA) is 41.6 Å². The summed E-state index contributed by atoms with van der Waals surface area (Å²) in [6.07, 6.45) is 0.958. The normalized spacial score (nSPS) is 26.1. The summed E-state index contributed by atoms with van der Waals surface area (Å²) < 4.78 is 18.4. The van der Waals surface area contributed by atoms with Crippen LogP contribution in [0.3, 0.4) is 0 Å². The SMILES string of the molecule is CC1(C)C(C(=O)NCCCN2CCOCC2)C1c1ccc(F)cc1. The quantitative estimate of drug-likeness (QED) is 0.812. The summed E-state index contributed by atoms with van der Waals surface area (Å²) in [7, 11) is 0. The highest BCUT2D eigenvalue weighted by Crippen LogP contribution is 2.64. The number of hydrogen-bond acceptors (Lipinski definition) is 3. The molecule has 132 valence electrons. The molecule has 1 N–H and O–H groups in total. The molecular weight excluding hydrogens is 307 g/mol. The predicted molar refractivity (Wildman–Crippen MR) is 91.3 cm³/mol. The molecule has 1 aliphatic carbocycles. The number of benzene rings is 1. The highest BCUT2D eigenvalue weighted by molar-refractivity contribution is 5.84. The van der Waals surface area contributed by atoms with Gasteiger partial charge in [-0.25, -0.2) is 4.39 Å². The highest BCUT2D eigenvalue weighted by Gasteiger charge is 2.62. The van der Waals surface area contributed by atoms with E-state index in [-0.39, 0.29) is 29.0 Å². The van der Waals surface area contributed by atoms with Gasteiger partial charge in [0.05, 0.1) is 19.1 Å². The van der Waals surface area contributed by atoms with Crippen LogP contribution in [0.25, 0.3) is 0 Å². The number of ether oxygens (including phenoxy) is 1. The van der Waals surface area contributed by atoms with E-state index >= 15 is 0 Å². The van der Waals surface area contributed by atoms with Crippen LogP contribution in [0.4, 0.5) is 4.39 Å². The molecule has 1 aromatic rings. The molecule has 1 amide bonds. The van der Waals surface area contributed by atoms with Crippen molar-refractivity contribution in [1.29, 1.82) is 0 Å². The molecule has 2 fully saturated rings. The van der Waals surface area contributed by atoms with E-state index in [0.717, 1.165) is 44.8 Å². The van der Waals surface area contributed by atoms with Crippen LogP contribution in [0.2, 0.25) is 0 Å².